The predicted octanol–water partition coefficient (Wildman–Crippen LogP) is 4.40. The molecule has 5 heterocycles. The molecule has 3 amide bonds. The number of hydrogen-bond donors (Lipinski definition) is 2. The second-order valence-electron chi connectivity index (χ2n) is 8.76. The van der Waals surface area contributed by atoms with E-state index in [1.54, 1.807) is 25.3 Å². The summed E-state index contributed by atoms with van der Waals surface area (Å²) in [7, 11) is 0. The van der Waals surface area contributed by atoms with Gasteiger partial charge in [-0.2, -0.15) is 13.2 Å². The maximum absolute atomic E-state index is 13.4. The summed E-state index contributed by atoms with van der Waals surface area (Å²) < 4.78 is 44.4. The highest BCUT2D eigenvalue weighted by molar-refractivity contribution is 6.34. The van der Waals surface area contributed by atoms with Crippen LogP contribution in [0, 0.1) is 6.92 Å². The van der Waals surface area contributed by atoms with E-state index in [1.165, 1.54) is 17.2 Å². The number of oxazole rings is 1. The lowest BCUT2D eigenvalue weighted by molar-refractivity contribution is -0.149. The number of hydrogen-bond acceptors (Lipinski definition) is 7. The molecule has 2 N–H and O–H groups in total. The number of pyridine rings is 2. The molecule has 2 aliphatic heterocycles. The Morgan fingerprint density at radius 2 is 2.05 bits per heavy atom. The number of fused-ring (bicyclic) bond motifs is 4. The number of carbonyl (C=O) groups excluding carboxylic acids is 2. The molecule has 194 valence electrons. The summed E-state index contributed by atoms with van der Waals surface area (Å²) in [6, 6.07) is 1.83. The number of aryl methyl sites for hydroxylation is 1. The molecule has 14 heteroatoms. The van der Waals surface area contributed by atoms with Gasteiger partial charge in [0, 0.05) is 31.8 Å². The Balaban J connectivity index is 1.44. The van der Waals surface area contributed by atoms with E-state index >= 15 is 0 Å². The molecule has 0 aliphatic carbocycles. The fraction of sp³-hybridized carbons (Fsp3) is 0.348. The van der Waals surface area contributed by atoms with Gasteiger partial charge in [-0.05, 0) is 31.5 Å². The molecule has 0 radical (unpaired) electrons. The lowest BCUT2D eigenvalue weighted by Crippen LogP contribution is -2.49. The molecular formula is C23H21ClF3N7O3. The van der Waals surface area contributed by atoms with E-state index in [-0.39, 0.29) is 22.7 Å². The van der Waals surface area contributed by atoms with Crippen molar-refractivity contribution in [3.05, 3.63) is 47.2 Å². The fourth-order valence-electron chi connectivity index (χ4n) is 4.31. The highest BCUT2D eigenvalue weighted by Crippen LogP contribution is 2.41. The third-order valence-corrected chi connectivity index (χ3v) is 6.50. The van der Waals surface area contributed by atoms with Crippen LogP contribution in [0.25, 0.3) is 11.3 Å². The summed E-state index contributed by atoms with van der Waals surface area (Å²) in [5, 5.41) is 4.48. The van der Waals surface area contributed by atoms with Gasteiger partial charge in [0.25, 0.3) is 5.91 Å². The van der Waals surface area contributed by atoms with Gasteiger partial charge < -0.3 is 14.6 Å². The first-order valence-corrected chi connectivity index (χ1v) is 11.7. The quantitative estimate of drug-likeness (QED) is 0.508. The van der Waals surface area contributed by atoms with Gasteiger partial charge in [-0.25, -0.2) is 19.7 Å². The molecule has 1 fully saturated rings. The second kappa shape index (κ2) is 9.21. The number of anilines is 3. The number of alkyl halides is 3. The minimum absolute atomic E-state index is 0.118. The molecule has 0 spiro atoms. The largest absolute Gasteiger partial charge is 0.441 e. The Bertz CT molecular complexity index is 1380. The van der Waals surface area contributed by atoms with Crippen LogP contribution in [0.1, 0.15) is 29.7 Å². The van der Waals surface area contributed by atoms with Crippen LogP contribution in [0.15, 0.2) is 35.0 Å². The fourth-order valence-corrected chi connectivity index (χ4v) is 4.54. The highest BCUT2D eigenvalue weighted by atomic mass is 35.5. The molecule has 0 saturated carbocycles. The first-order chi connectivity index (χ1) is 17.5. The van der Waals surface area contributed by atoms with E-state index in [0.717, 1.165) is 6.92 Å². The summed E-state index contributed by atoms with van der Waals surface area (Å²) in [6.07, 6.45) is -0.950. The number of aromatic nitrogens is 3. The van der Waals surface area contributed by atoms with Crippen molar-refractivity contribution in [3.63, 3.8) is 0 Å². The monoisotopic (exact) mass is 535 g/mol. The normalized spacial score (nSPS) is 17.4. The maximum atomic E-state index is 13.4. The van der Waals surface area contributed by atoms with Gasteiger partial charge in [-0.1, -0.05) is 11.6 Å². The van der Waals surface area contributed by atoms with Crippen molar-refractivity contribution in [1.29, 1.82) is 0 Å². The van der Waals surface area contributed by atoms with E-state index in [2.05, 4.69) is 20.3 Å². The predicted molar refractivity (Wildman–Crippen MR) is 129 cm³/mol. The number of nitrogens with one attached hydrogen (secondary N) is 2. The molecule has 0 aromatic carbocycles. The molecule has 10 nitrogen and oxygen atoms in total. The zero-order valence-corrected chi connectivity index (χ0v) is 20.4. The highest BCUT2D eigenvalue weighted by Gasteiger charge is 2.42. The summed E-state index contributed by atoms with van der Waals surface area (Å²) in [5.41, 5.74) is 0.755. The number of rotatable bonds is 4. The van der Waals surface area contributed by atoms with Gasteiger partial charge in [0.05, 0.1) is 22.9 Å². The van der Waals surface area contributed by atoms with Gasteiger partial charge in [-0.3, -0.25) is 15.0 Å². The third kappa shape index (κ3) is 4.78. The summed E-state index contributed by atoms with van der Waals surface area (Å²) in [5.74, 6) is 0.266. The van der Waals surface area contributed by atoms with Gasteiger partial charge in [0.15, 0.2) is 17.5 Å². The second-order valence-corrected chi connectivity index (χ2v) is 9.17. The Hall–Kier alpha value is -3.87. The van der Waals surface area contributed by atoms with Crippen LogP contribution in [0.4, 0.5) is 35.3 Å². The Morgan fingerprint density at radius 1 is 1.27 bits per heavy atom. The van der Waals surface area contributed by atoms with Crippen molar-refractivity contribution >= 4 is 40.9 Å². The van der Waals surface area contributed by atoms with Gasteiger partial charge in [0.1, 0.15) is 17.6 Å². The third-order valence-electron chi connectivity index (χ3n) is 6.21. The van der Waals surface area contributed by atoms with Gasteiger partial charge in [-0.15, -0.1) is 0 Å². The van der Waals surface area contributed by atoms with Gasteiger partial charge >= 0.3 is 12.2 Å². The van der Waals surface area contributed by atoms with Crippen molar-refractivity contribution in [3.8, 4) is 11.3 Å². The Labute approximate surface area is 213 Å². The number of nitrogens with zero attached hydrogens (tertiary/aromatic N) is 5. The first kappa shape index (κ1) is 24.8. The van der Waals surface area contributed by atoms with Crippen LogP contribution in [-0.4, -0.2) is 58.2 Å². The maximum Gasteiger partial charge on any atom is 0.408 e. The molecule has 3 aromatic heterocycles. The van der Waals surface area contributed by atoms with E-state index < -0.39 is 29.9 Å². The molecule has 3 aromatic rings. The molecule has 5 rings (SSSR count). The van der Waals surface area contributed by atoms with Crippen LogP contribution in [0.5, 0.6) is 0 Å². The minimum Gasteiger partial charge on any atom is -0.441 e. The minimum atomic E-state index is -4.64. The summed E-state index contributed by atoms with van der Waals surface area (Å²) >= 11 is 6.25. The summed E-state index contributed by atoms with van der Waals surface area (Å²) in [4.78, 5) is 42.0. The number of halogens is 4. The number of urea groups is 1. The Kier molecular flexibility index (Phi) is 6.18. The zero-order chi connectivity index (χ0) is 26.5. The molecular weight excluding hydrogens is 515 g/mol. The van der Waals surface area contributed by atoms with Crippen LogP contribution in [0.3, 0.4) is 0 Å². The SMILES string of the molecule is Cc1ncc(-c2ccnc(NC(=O)N3c4nc(C(=O)NC(C)C(F)(F)F)c(Cl)cc4N4CC[C@H]3C4)c2)o1. The van der Waals surface area contributed by atoms with Crippen molar-refractivity contribution in [2.45, 2.75) is 38.5 Å². The van der Waals surface area contributed by atoms with Crippen molar-refractivity contribution in [2.75, 3.05) is 28.2 Å². The van der Waals surface area contributed by atoms with Crippen molar-refractivity contribution < 1.29 is 27.2 Å². The van der Waals surface area contributed by atoms with Crippen molar-refractivity contribution in [1.82, 2.24) is 20.3 Å². The topological polar surface area (TPSA) is 116 Å². The van der Waals surface area contributed by atoms with E-state index in [0.29, 0.717) is 42.4 Å². The molecule has 1 unspecified atom stereocenters. The number of amides is 3. The smallest absolute Gasteiger partial charge is 0.408 e. The summed E-state index contributed by atoms with van der Waals surface area (Å²) in [6.45, 7) is 3.66. The zero-order valence-electron chi connectivity index (χ0n) is 19.6. The van der Waals surface area contributed by atoms with E-state index in [1.807, 2.05) is 10.2 Å². The van der Waals surface area contributed by atoms with Crippen LogP contribution >= 0.6 is 11.6 Å². The van der Waals surface area contributed by atoms with E-state index in [4.69, 9.17) is 16.0 Å². The average Bonchev–Trinajstić information content (AvgIpc) is 3.46. The average molecular weight is 536 g/mol. The molecule has 2 bridgehead atoms. The van der Waals surface area contributed by atoms with Crippen molar-refractivity contribution in [2.24, 2.45) is 0 Å². The van der Waals surface area contributed by atoms with E-state index in [9.17, 15) is 22.8 Å². The van der Waals surface area contributed by atoms with Crippen LogP contribution in [-0.2, 0) is 0 Å². The molecule has 37 heavy (non-hydrogen) atoms. The molecule has 2 atom stereocenters. The van der Waals surface area contributed by atoms with Crippen LogP contribution < -0.4 is 20.4 Å². The standard InChI is InChI=1S/C23H21ClF3N7O3/c1-11(23(25,26)27)30-21(35)19-15(24)8-16-20(32-19)34(14-4-6-33(16)10-14)22(36)31-18-7-13(3-5-28-18)17-9-29-12(2)37-17/h3,5,7-9,11,14H,4,6,10H2,1-2H3,(H,30,35)(H,28,31,36)/t11?,14-/m0/s1. The van der Waals surface area contributed by atoms with Crippen LogP contribution in [0.2, 0.25) is 5.02 Å². The molecule has 1 saturated heterocycles. The lowest BCUT2D eigenvalue weighted by atomic mass is 10.1. The molecule has 2 aliphatic rings. The lowest BCUT2D eigenvalue weighted by Gasteiger charge is -2.36. The first-order valence-electron chi connectivity index (χ1n) is 11.3. The Morgan fingerprint density at radius 3 is 2.76 bits per heavy atom. The number of carbonyl (C=O) groups is 2. The van der Waals surface area contributed by atoms with Gasteiger partial charge in [0.2, 0.25) is 0 Å².